The van der Waals surface area contributed by atoms with Gasteiger partial charge >= 0.3 is 11.9 Å². The molecule has 0 bridgehead atoms. The number of rotatable bonds is 6. The summed E-state index contributed by atoms with van der Waals surface area (Å²) in [5.74, 6) is 0.298. The summed E-state index contributed by atoms with van der Waals surface area (Å²) in [5, 5.41) is 7.96. The quantitative estimate of drug-likeness (QED) is 0.311. The molecule has 2 aliphatic rings. The molecule has 4 nitrogen and oxygen atoms in total. The van der Waals surface area contributed by atoms with Crippen LogP contribution in [-0.2, 0) is 19.1 Å². The highest BCUT2D eigenvalue weighted by atomic mass is 33.5. The van der Waals surface area contributed by atoms with E-state index in [0.717, 1.165) is 0 Å². The van der Waals surface area contributed by atoms with Crippen molar-refractivity contribution in [1.29, 1.82) is 0 Å². The molecule has 0 aromatic carbocycles. The maximum Gasteiger partial charge on any atom is 0.338 e. The van der Waals surface area contributed by atoms with Crippen LogP contribution in [0.5, 0.6) is 0 Å². The van der Waals surface area contributed by atoms with E-state index in [2.05, 4.69) is 13.2 Å². The van der Waals surface area contributed by atoms with Crippen LogP contribution in [0, 0.1) is 0 Å². The van der Waals surface area contributed by atoms with Gasteiger partial charge < -0.3 is 9.47 Å². The lowest BCUT2D eigenvalue weighted by atomic mass is 10.4. The van der Waals surface area contributed by atoms with E-state index >= 15 is 0 Å². The molecular formula is C16H18O4S3. The highest BCUT2D eigenvalue weighted by Gasteiger charge is 2.17. The van der Waals surface area contributed by atoms with Crippen LogP contribution < -0.4 is 0 Å². The Morgan fingerprint density at radius 2 is 1.30 bits per heavy atom. The van der Waals surface area contributed by atoms with E-state index in [1.54, 1.807) is 35.8 Å². The predicted octanol–water partition coefficient (Wildman–Crippen LogP) is 4.53. The first kappa shape index (κ1) is 17.8. The predicted molar refractivity (Wildman–Crippen MR) is 102 cm³/mol. The normalized spacial score (nSPS) is 24.8. The Morgan fingerprint density at radius 1 is 0.913 bits per heavy atom. The number of thiol groups is 2. The van der Waals surface area contributed by atoms with Crippen molar-refractivity contribution in [2.24, 2.45) is 0 Å². The van der Waals surface area contributed by atoms with Crippen molar-refractivity contribution in [3.05, 3.63) is 69.6 Å². The second-order valence-corrected chi connectivity index (χ2v) is 12.0. The van der Waals surface area contributed by atoms with E-state index in [1.165, 1.54) is 0 Å². The monoisotopic (exact) mass is 370 g/mol. The molecule has 0 saturated heterocycles. The molecule has 2 atom stereocenters. The number of carbonyl (C=O) groups is 2. The van der Waals surface area contributed by atoms with E-state index in [1.807, 2.05) is 21.6 Å². The molecule has 0 aromatic rings. The molecule has 0 spiro atoms. The van der Waals surface area contributed by atoms with Crippen molar-refractivity contribution >= 4 is 41.6 Å². The summed E-state index contributed by atoms with van der Waals surface area (Å²) in [6, 6.07) is 0. The second-order valence-electron chi connectivity index (χ2n) is 4.84. The van der Waals surface area contributed by atoms with Gasteiger partial charge in [-0.3, -0.25) is 0 Å². The van der Waals surface area contributed by atoms with Gasteiger partial charge in [0.2, 0.25) is 0 Å². The smallest absolute Gasteiger partial charge is 0.338 e. The molecule has 124 valence electrons. The van der Waals surface area contributed by atoms with Crippen LogP contribution in [0.3, 0.4) is 0 Å². The van der Waals surface area contributed by atoms with Crippen LogP contribution in [0.15, 0.2) is 69.6 Å². The van der Waals surface area contributed by atoms with Crippen LogP contribution in [0.4, 0.5) is 0 Å². The van der Waals surface area contributed by atoms with Crippen LogP contribution in [-0.4, -0.2) is 11.9 Å². The maximum atomic E-state index is 11.5. The zero-order valence-corrected chi connectivity index (χ0v) is 15.4. The zero-order chi connectivity index (χ0) is 17.0. The summed E-state index contributed by atoms with van der Waals surface area (Å²) in [6.07, 6.45) is 3.61. The van der Waals surface area contributed by atoms with Gasteiger partial charge in [0.05, 0.1) is 0 Å². The Hall–Kier alpha value is -1.57. The minimum atomic E-state index is -0.555. The Labute approximate surface area is 144 Å². The number of hydrogen-bond donors (Lipinski definition) is 2. The molecule has 0 N–H and O–H groups in total. The van der Waals surface area contributed by atoms with Crippen molar-refractivity contribution < 1.29 is 19.1 Å². The maximum absolute atomic E-state index is 11.5. The van der Waals surface area contributed by atoms with Gasteiger partial charge in [0, 0.05) is 22.0 Å². The molecule has 2 rings (SSSR count). The highest BCUT2D eigenvalue weighted by Crippen LogP contribution is 2.63. The third-order valence-corrected chi connectivity index (χ3v) is 10.8. The van der Waals surface area contributed by atoms with E-state index in [-0.39, 0.29) is 0 Å². The summed E-state index contributed by atoms with van der Waals surface area (Å²) in [5.41, 5.74) is 0.747. The van der Waals surface area contributed by atoms with Gasteiger partial charge in [0.1, 0.15) is 11.5 Å². The lowest BCUT2D eigenvalue weighted by molar-refractivity contribution is -0.135. The molecule has 0 amide bonds. The topological polar surface area (TPSA) is 52.6 Å². The molecule has 2 heterocycles. The van der Waals surface area contributed by atoms with Crippen LogP contribution in [0.2, 0.25) is 0 Å². The fraction of sp³-hybridized carbons (Fsp3) is 0.125. The third kappa shape index (κ3) is 5.23. The van der Waals surface area contributed by atoms with E-state index in [0.29, 0.717) is 22.7 Å². The summed E-state index contributed by atoms with van der Waals surface area (Å²) in [4.78, 5) is 23.0. The largest absolute Gasteiger partial charge is 0.423 e. The van der Waals surface area contributed by atoms with Gasteiger partial charge in [-0.1, -0.05) is 23.0 Å². The first-order valence-electron chi connectivity index (χ1n) is 6.65. The van der Waals surface area contributed by atoms with Gasteiger partial charge in [-0.15, -0.1) is 0 Å². The Bertz CT molecular complexity index is 627. The summed E-state index contributed by atoms with van der Waals surface area (Å²) in [6.45, 7) is 10.3. The molecular weight excluding hydrogens is 352 g/mol. The van der Waals surface area contributed by atoms with Gasteiger partial charge in [-0.25, -0.2) is 9.59 Å². The molecule has 2 unspecified atom stereocenters. The van der Waals surface area contributed by atoms with Gasteiger partial charge in [0.25, 0.3) is 0 Å². The number of esters is 2. The van der Waals surface area contributed by atoms with Crippen LogP contribution >= 0.6 is 29.7 Å². The minimum absolute atomic E-state index is 0.373. The standard InChI is InChI=1S/C16H18O4S3/c1-11(2)15(17)19-13-5-7-22(9-13)21-23-8-6-14(10-23)20-16(18)12(3)4/h5-10,22-23H,1,3H2,2,4H3. The lowest BCUT2D eigenvalue weighted by Crippen LogP contribution is -2.02. The van der Waals surface area contributed by atoms with Crippen LogP contribution in [0.25, 0.3) is 0 Å². The number of ether oxygens (including phenoxy) is 2. The molecule has 23 heavy (non-hydrogen) atoms. The van der Waals surface area contributed by atoms with Gasteiger partial charge in [0.15, 0.2) is 0 Å². The Kier molecular flexibility index (Phi) is 6.04. The van der Waals surface area contributed by atoms with Crippen molar-refractivity contribution in [2.75, 3.05) is 0 Å². The lowest BCUT2D eigenvalue weighted by Gasteiger charge is -2.14. The van der Waals surface area contributed by atoms with Gasteiger partial charge in [-0.2, -0.15) is 19.9 Å². The third-order valence-electron chi connectivity index (χ3n) is 2.59. The number of hydrogen-bond acceptors (Lipinski definition) is 5. The zero-order valence-electron chi connectivity index (χ0n) is 12.8. The second kappa shape index (κ2) is 7.81. The average molecular weight is 371 g/mol. The van der Waals surface area contributed by atoms with Crippen molar-refractivity contribution in [3.63, 3.8) is 0 Å². The van der Waals surface area contributed by atoms with Crippen molar-refractivity contribution in [1.82, 2.24) is 0 Å². The number of carbonyl (C=O) groups excluding carboxylic acids is 2. The molecule has 0 saturated carbocycles. The van der Waals surface area contributed by atoms with E-state index < -0.39 is 31.8 Å². The first-order valence-corrected chi connectivity index (χ1v) is 11.6. The summed E-state index contributed by atoms with van der Waals surface area (Å²) in [7, 11) is 0.659. The Balaban J connectivity index is 1.88. The van der Waals surface area contributed by atoms with E-state index in [9.17, 15) is 9.59 Å². The summed E-state index contributed by atoms with van der Waals surface area (Å²) < 4.78 is 10.4. The average Bonchev–Trinajstić information content (AvgIpc) is 3.09. The molecule has 2 aliphatic heterocycles. The molecule has 0 aliphatic carbocycles. The minimum Gasteiger partial charge on any atom is -0.423 e. The summed E-state index contributed by atoms with van der Waals surface area (Å²) >= 11 is 0. The van der Waals surface area contributed by atoms with E-state index in [4.69, 9.17) is 9.47 Å². The molecule has 0 fully saturated rings. The first-order chi connectivity index (χ1) is 10.8. The fourth-order valence-electron chi connectivity index (χ4n) is 1.44. The SMILES string of the molecule is C=C(C)C(=O)OC1=C[SH](S[SH]2C=CC(OC(=O)C(=C)C)=C2)C=C1. The fourth-order valence-corrected chi connectivity index (χ4v) is 9.44. The number of allylic oxidation sites excluding steroid dienone is 2. The van der Waals surface area contributed by atoms with Gasteiger partial charge in [-0.05, 0) is 36.8 Å². The molecule has 0 aromatic heterocycles. The van der Waals surface area contributed by atoms with Crippen LogP contribution in [0.1, 0.15) is 13.8 Å². The molecule has 0 radical (unpaired) electrons. The van der Waals surface area contributed by atoms with Crippen molar-refractivity contribution in [2.45, 2.75) is 13.8 Å². The highest BCUT2D eigenvalue weighted by molar-refractivity contribution is 9.20. The Morgan fingerprint density at radius 3 is 1.65 bits per heavy atom. The molecule has 7 heteroatoms. The van der Waals surface area contributed by atoms with Crippen molar-refractivity contribution in [3.8, 4) is 0 Å².